The van der Waals surface area contributed by atoms with Crippen LogP contribution in [0.1, 0.15) is 30.9 Å². The van der Waals surface area contributed by atoms with Crippen LogP contribution < -0.4 is 5.32 Å². The van der Waals surface area contributed by atoms with Crippen LogP contribution in [-0.4, -0.2) is 35.1 Å². The lowest BCUT2D eigenvalue weighted by molar-refractivity contribution is -0.139. The normalized spacial score (nSPS) is 11.6. The van der Waals surface area contributed by atoms with Crippen LogP contribution in [0, 0.1) is 0 Å². The molecule has 1 N–H and O–H groups in total. The SMILES string of the molecule is CCCCNC(=O)[C@H](Cc1ccccc1)N(Cc1ccc(Cl)cc1)C(=O)CSc1ccccc1. The fourth-order valence-electron chi connectivity index (χ4n) is 3.59. The highest BCUT2D eigenvalue weighted by atomic mass is 35.5. The predicted molar refractivity (Wildman–Crippen MR) is 141 cm³/mol. The van der Waals surface area contributed by atoms with E-state index in [0.29, 0.717) is 24.5 Å². The van der Waals surface area contributed by atoms with Gasteiger partial charge in [-0.05, 0) is 41.8 Å². The zero-order valence-corrected chi connectivity index (χ0v) is 21.0. The van der Waals surface area contributed by atoms with E-state index in [1.807, 2.05) is 84.9 Å². The largest absolute Gasteiger partial charge is 0.354 e. The van der Waals surface area contributed by atoms with Crippen molar-refractivity contribution in [3.8, 4) is 0 Å². The van der Waals surface area contributed by atoms with Gasteiger partial charge in [-0.2, -0.15) is 0 Å². The van der Waals surface area contributed by atoms with Crippen LogP contribution in [0.15, 0.2) is 89.8 Å². The first-order valence-electron chi connectivity index (χ1n) is 11.6. The zero-order chi connectivity index (χ0) is 24.2. The Morgan fingerprint density at radius 1 is 0.912 bits per heavy atom. The molecule has 0 saturated carbocycles. The van der Waals surface area contributed by atoms with Gasteiger partial charge in [0.05, 0.1) is 5.75 Å². The van der Waals surface area contributed by atoms with Crippen molar-refractivity contribution >= 4 is 35.2 Å². The molecule has 0 radical (unpaired) electrons. The summed E-state index contributed by atoms with van der Waals surface area (Å²) in [6, 6.07) is 26.5. The number of hydrogen-bond donors (Lipinski definition) is 1. The van der Waals surface area contributed by atoms with Crippen molar-refractivity contribution in [3.05, 3.63) is 101 Å². The smallest absolute Gasteiger partial charge is 0.243 e. The van der Waals surface area contributed by atoms with Crippen LogP contribution in [-0.2, 0) is 22.6 Å². The van der Waals surface area contributed by atoms with E-state index < -0.39 is 6.04 Å². The second-order valence-electron chi connectivity index (χ2n) is 8.10. The Hall–Kier alpha value is -2.76. The van der Waals surface area contributed by atoms with Gasteiger partial charge in [0, 0.05) is 29.4 Å². The van der Waals surface area contributed by atoms with Gasteiger partial charge >= 0.3 is 0 Å². The molecule has 4 nitrogen and oxygen atoms in total. The molecule has 3 aromatic carbocycles. The molecule has 0 aliphatic heterocycles. The van der Waals surface area contributed by atoms with Crippen molar-refractivity contribution in [1.82, 2.24) is 10.2 Å². The van der Waals surface area contributed by atoms with Crippen molar-refractivity contribution in [2.24, 2.45) is 0 Å². The monoisotopic (exact) mass is 494 g/mol. The topological polar surface area (TPSA) is 49.4 Å². The Kier molecular flexibility index (Phi) is 10.5. The standard InChI is InChI=1S/C28H31ClN2O2S/c1-2-3-18-30-28(33)26(19-22-10-6-4-7-11-22)31(20-23-14-16-24(29)17-15-23)27(32)21-34-25-12-8-5-9-13-25/h4-17,26H,2-3,18-21H2,1H3,(H,30,33)/t26-/m0/s1. The summed E-state index contributed by atoms with van der Waals surface area (Å²) >= 11 is 7.55. The number of unbranched alkanes of at least 4 members (excludes halogenated alkanes) is 1. The zero-order valence-electron chi connectivity index (χ0n) is 19.5. The quantitative estimate of drug-likeness (QED) is 0.248. The van der Waals surface area contributed by atoms with Gasteiger partial charge in [-0.15, -0.1) is 11.8 Å². The second-order valence-corrected chi connectivity index (χ2v) is 9.59. The lowest BCUT2D eigenvalue weighted by atomic mass is 10.0. The predicted octanol–water partition coefficient (Wildman–Crippen LogP) is 5.99. The molecular weight excluding hydrogens is 464 g/mol. The van der Waals surface area contributed by atoms with Gasteiger partial charge in [-0.1, -0.05) is 85.6 Å². The fourth-order valence-corrected chi connectivity index (χ4v) is 4.52. The Balaban J connectivity index is 1.86. The first-order chi connectivity index (χ1) is 16.6. The van der Waals surface area contributed by atoms with Gasteiger partial charge in [0.25, 0.3) is 0 Å². The van der Waals surface area contributed by atoms with Gasteiger partial charge in [-0.25, -0.2) is 0 Å². The summed E-state index contributed by atoms with van der Waals surface area (Å²) < 4.78 is 0. The number of hydrogen-bond acceptors (Lipinski definition) is 3. The first kappa shape index (κ1) is 25.9. The van der Waals surface area contributed by atoms with E-state index in [1.165, 1.54) is 11.8 Å². The summed E-state index contributed by atoms with van der Waals surface area (Å²) in [4.78, 5) is 29.6. The maximum Gasteiger partial charge on any atom is 0.243 e. The number of nitrogens with one attached hydrogen (secondary N) is 1. The molecule has 0 heterocycles. The molecule has 0 spiro atoms. The van der Waals surface area contributed by atoms with Gasteiger partial charge < -0.3 is 10.2 Å². The van der Waals surface area contributed by atoms with E-state index >= 15 is 0 Å². The van der Waals surface area contributed by atoms with Gasteiger partial charge in [0.2, 0.25) is 11.8 Å². The molecule has 0 unspecified atom stereocenters. The van der Waals surface area contributed by atoms with Crippen LogP contribution in [0.25, 0.3) is 0 Å². The average Bonchev–Trinajstić information content (AvgIpc) is 2.87. The van der Waals surface area contributed by atoms with E-state index in [-0.39, 0.29) is 17.6 Å². The molecule has 0 fully saturated rings. The third-order valence-corrected chi connectivity index (χ3v) is 6.72. The Morgan fingerprint density at radius 2 is 1.56 bits per heavy atom. The second kappa shape index (κ2) is 13.8. The minimum absolute atomic E-state index is 0.0737. The number of rotatable bonds is 12. The summed E-state index contributed by atoms with van der Waals surface area (Å²) in [5.74, 6) is 0.0604. The van der Waals surface area contributed by atoms with Crippen LogP contribution in [0.5, 0.6) is 0 Å². The van der Waals surface area contributed by atoms with Gasteiger partial charge in [0.15, 0.2) is 0 Å². The number of carbonyl (C=O) groups excluding carboxylic acids is 2. The Bertz CT molecular complexity index is 1030. The van der Waals surface area contributed by atoms with E-state index in [2.05, 4.69) is 12.2 Å². The molecule has 0 bridgehead atoms. The Morgan fingerprint density at radius 3 is 2.21 bits per heavy atom. The summed E-state index contributed by atoms with van der Waals surface area (Å²) in [5.41, 5.74) is 1.95. The lowest BCUT2D eigenvalue weighted by Gasteiger charge is -2.31. The van der Waals surface area contributed by atoms with Crippen LogP contribution in [0.3, 0.4) is 0 Å². The molecule has 3 rings (SSSR count). The minimum Gasteiger partial charge on any atom is -0.354 e. The number of benzene rings is 3. The maximum absolute atomic E-state index is 13.6. The number of halogens is 1. The fraction of sp³-hybridized carbons (Fsp3) is 0.286. The van der Waals surface area contributed by atoms with Crippen molar-refractivity contribution in [3.63, 3.8) is 0 Å². The van der Waals surface area contributed by atoms with Gasteiger partial charge in [-0.3, -0.25) is 9.59 Å². The third kappa shape index (κ3) is 8.23. The van der Waals surface area contributed by atoms with Crippen molar-refractivity contribution in [1.29, 1.82) is 0 Å². The molecule has 3 aromatic rings. The van der Waals surface area contributed by atoms with E-state index in [4.69, 9.17) is 11.6 Å². The van der Waals surface area contributed by atoms with Gasteiger partial charge in [0.1, 0.15) is 6.04 Å². The molecule has 0 aliphatic carbocycles. The number of carbonyl (C=O) groups is 2. The Labute approximate surface area is 211 Å². The molecule has 0 aliphatic rings. The molecule has 0 aromatic heterocycles. The molecule has 2 amide bonds. The maximum atomic E-state index is 13.6. The minimum atomic E-state index is -0.612. The molecule has 34 heavy (non-hydrogen) atoms. The summed E-state index contributed by atoms with van der Waals surface area (Å²) in [5, 5.41) is 3.69. The summed E-state index contributed by atoms with van der Waals surface area (Å²) in [6.07, 6.45) is 2.34. The first-order valence-corrected chi connectivity index (χ1v) is 13.0. The highest BCUT2D eigenvalue weighted by molar-refractivity contribution is 8.00. The highest BCUT2D eigenvalue weighted by Crippen LogP contribution is 2.21. The van der Waals surface area contributed by atoms with Crippen molar-refractivity contribution < 1.29 is 9.59 Å². The number of nitrogens with zero attached hydrogens (tertiary/aromatic N) is 1. The van der Waals surface area contributed by atoms with Crippen molar-refractivity contribution in [2.45, 2.75) is 43.7 Å². The summed E-state index contributed by atoms with van der Waals surface area (Å²) in [6.45, 7) is 3.02. The highest BCUT2D eigenvalue weighted by Gasteiger charge is 2.30. The van der Waals surface area contributed by atoms with E-state index in [9.17, 15) is 9.59 Å². The molecule has 178 valence electrons. The molecule has 6 heteroatoms. The van der Waals surface area contributed by atoms with Crippen LogP contribution >= 0.6 is 23.4 Å². The van der Waals surface area contributed by atoms with Crippen LogP contribution in [0.2, 0.25) is 5.02 Å². The van der Waals surface area contributed by atoms with E-state index in [0.717, 1.165) is 28.9 Å². The van der Waals surface area contributed by atoms with E-state index in [1.54, 1.807) is 4.90 Å². The lowest BCUT2D eigenvalue weighted by Crippen LogP contribution is -2.51. The molecular formula is C28H31ClN2O2S. The molecule has 0 saturated heterocycles. The molecule has 1 atom stereocenters. The number of thioether (sulfide) groups is 1. The third-order valence-electron chi connectivity index (χ3n) is 5.47. The van der Waals surface area contributed by atoms with Crippen LogP contribution in [0.4, 0.5) is 0 Å². The summed E-state index contributed by atoms with van der Waals surface area (Å²) in [7, 11) is 0. The van der Waals surface area contributed by atoms with Crippen molar-refractivity contribution in [2.75, 3.05) is 12.3 Å². The number of amides is 2. The average molecular weight is 495 g/mol.